The zero-order valence-electron chi connectivity index (χ0n) is 80.5. The molecule has 614 valence electrons. The first kappa shape index (κ1) is 77.3. The Morgan fingerprint density at radius 1 is 0.262 bits per heavy atom. The fourth-order valence-electron chi connectivity index (χ4n) is 12.1. The van der Waals surface area contributed by atoms with Gasteiger partial charge in [-0.3, -0.25) is 0 Å². The molecule has 0 unspecified atom stereocenters. The van der Waals surface area contributed by atoms with Crippen LogP contribution >= 0.6 is 0 Å². The average molecular weight is 2310 g/mol. The minimum absolute atomic E-state index is 0. The fourth-order valence-corrected chi connectivity index (χ4v) is 12.1. The molecule has 7 heterocycles. The number of aromatic nitrogens is 7. The predicted octanol–water partition coefficient (Wildman–Crippen LogP) is 27.2. The van der Waals surface area contributed by atoms with E-state index in [1.807, 2.05) is 185 Å². The zero-order chi connectivity index (χ0) is 93.5. The maximum Gasteiger partial charge on any atom is 0.123 e. The molecule has 0 amide bonds. The summed E-state index contributed by atoms with van der Waals surface area (Å²) in [7, 11) is 0. The van der Waals surface area contributed by atoms with Crippen LogP contribution in [-0.2, 0) is 80.4 Å². The van der Waals surface area contributed by atoms with Crippen LogP contribution in [0.25, 0.3) is 123 Å². The Balaban J connectivity index is 0.000000195. The van der Waals surface area contributed by atoms with E-state index in [1.54, 1.807) is 67.3 Å². The first-order chi connectivity index (χ1) is 63.0. The smallest absolute Gasteiger partial charge is 0.123 e. The summed E-state index contributed by atoms with van der Waals surface area (Å²) in [5.74, 6) is -0.619. The maximum absolute atomic E-state index is 13.0. The normalized spacial score (nSPS) is 11.4. The van der Waals surface area contributed by atoms with E-state index in [0.717, 1.165) is 95.2 Å². The van der Waals surface area contributed by atoms with E-state index in [1.165, 1.54) is 63.2 Å². The van der Waals surface area contributed by atoms with E-state index >= 15 is 0 Å². The second kappa shape index (κ2) is 49.6. The zero-order valence-corrected chi connectivity index (χ0v) is 77.1. The fraction of sp³-hybridized carbons (Fsp3) is 0.0734. The summed E-state index contributed by atoms with van der Waals surface area (Å²) in [5, 5.41) is 0. The number of nitrogens with zero attached hydrogens (tertiary/aromatic N) is 7. The Morgan fingerprint density at radius 2 is 0.656 bits per heavy atom. The van der Waals surface area contributed by atoms with Gasteiger partial charge in [-0.1, -0.05) is 158 Å². The van der Waals surface area contributed by atoms with Gasteiger partial charge in [0.15, 0.2) is 0 Å². The molecule has 0 bridgehead atoms. The SMILES string of the molecule is Cc1c[c-]c(-c2ccccn2)cc1.Cc1cc(-c2[c-]cccc2)ncc1-c1ccccc1.Cc1ccc[c-]c1-c1ncccc1C.Cc1cccnc1-c1[c-]cccc1.[2H]c1[c-]c(-c2cc(C)c(-c3ccc(F)cc3)cn2)c([2H])c([2H])c1[2H].[2H]c1[c-]c(-c2cc(C)c(-c3ccc(F)cc3)cn2)c([2H])c([2H])c1[2H].[2H]c1c([2H])c([2H])c(-c2cnc(-c3[c-]cccc3)cc2C)c([2H])c1[2H].[Ir].[Ir].[Ir].[Ir]. The number of benzene rings is 11. The van der Waals surface area contributed by atoms with Crippen molar-refractivity contribution in [2.75, 3.05) is 0 Å². The molecule has 13 heteroatoms. The third kappa shape index (κ3) is 27.7. The largest absolute Gasteiger partial charge is 0.305 e. The monoisotopic (exact) mass is 2320 g/mol. The Morgan fingerprint density at radius 3 is 1.07 bits per heavy atom. The van der Waals surface area contributed by atoms with Crippen LogP contribution in [0.2, 0.25) is 0 Å². The molecule has 0 aliphatic carbocycles. The molecule has 0 atom stereocenters. The van der Waals surface area contributed by atoms with E-state index in [4.69, 9.17) is 17.8 Å². The average Bonchev–Trinajstić information content (AvgIpc) is 0.768. The van der Waals surface area contributed by atoms with Crippen molar-refractivity contribution in [3.8, 4) is 123 Å². The van der Waals surface area contributed by atoms with Gasteiger partial charge in [0, 0.05) is 152 Å². The number of hydrogen-bond donors (Lipinski definition) is 0. The summed E-state index contributed by atoms with van der Waals surface area (Å²) in [6, 6.07) is 96.9. The van der Waals surface area contributed by atoms with Crippen LogP contribution in [0, 0.1) is 109 Å². The number of halogens is 2. The number of aryl methyl sites for hydroxylation is 8. The van der Waals surface area contributed by atoms with Crippen molar-refractivity contribution in [3.63, 3.8) is 0 Å². The molecule has 122 heavy (non-hydrogen) atoms. The Hall–Kier alpha value is -12.1. The first-order valence-electron chi connectivity index (χ1n) is 44.2. The second-order valence-corrected chi connectivity index (χ2v) is 26.8. The van der Waals surface area contributed by atoms with Crippen LogP contribution < -0.4 is 0 Å². The van der Waals surface area contributed by atoms with Gasteiger partial charge < -0.3 is 34.9 Å². The van der Waals surface area contributed by atoms with Crippen LogP contribution in [0.15, 0.2) is 377 Å². The standard InChI is InChI=1S/2C18H13FN.2C18H14N.C13H12N.2C12H10N.4Ir/c2*1-13-11-18(15-5-3-2-4-6-15)20-12-17(13)14-7-9-16(19)10-8-14;2*1-14-12-18(16-10-6-3-7-11-16)19-13-17(14)15-8-4-2-5-9-15;1-10-6-3-4-8-12(10)13-11(2)7-5-9-14-13;1-10-5-7-11(8-6-10)12-4-2-3-9-13-12;1-10-6-5-9-13-12(10)11-7-3-2-4-8-11;;;;/h2*2-5,7-12H,1H3;2*2-10,12-13H,1H3;3-7,9H,1-2H3;2*2-7,9H,1H3;;;;/q7*-1;;;;/i2*2D,3D,4D,5D;2D,4D,5D,8D,9D;;;;;;;;. The molecule has 7 nitrogen and oxygen atoms in total. The van der Waals surface area contributed by atoms with Crippen LogP contribution in [-0.4, -0.2) is 34.9 Å². The van der Waals surface area contributed by atoms with Gasteiger partial charge in [0.05, 0.1) is 6.85 Å². The second-order valence-electron chi connectivity index (χ2n) is 26.8. The van der Waals surface area contributed by atoms with Crippen molar-refractivity contribution in [3.05, 3.63) is 475 Å². The van der Waals surface area contributed by atoms with Gasteiger partial charge in [0.1, 0.15) is 11.6 Å². The van der Waals surface area contributed by atoms with Gasteiger partial charge in [-0.15, -0.1) is 250 Å². The van der Waals surface area contributed by atoms with Crippen molar-refractivity contribution >= 4 is 0 Å². The summed E-state index contributed by atoms with van der Waals surface area (Å²) in [5.41, 5.74) is 26.1. The molecule has 0 aliphatic rings. The van der Waals surface area contributed by atoms with Crippen molar-refractivity contribution in [1.82, 2.24) is 34.9 Å². The molecule has 4 radical (unpaired) electrons. The minimum atomic E-state index is -0.394. The van der Waals surface area contributed by atoms with E-state index in [-0.39, 0.29) is 181 Å². The Bertz CT molecular complexity index is 6770. The molecule has 0 spiro atoms. The molecule has 0 aliphatic heterocycles. The van der Waals surface area contributed by atoms with Crippen LogP contribution in [0.1, 0.15) is 62.3 Å². The molecule has 18 rings (SSSR count). The van der Waals surface area contributed by atoms with Crippen LogP contribution in [0.3, 0.4) is 0 Å². The maximum atomic E-state index is 13.0. The molecular formula is C109H86F2Ir4N7-7. The molecule has 11 aromatic carbocycles. The van der Waals surface area contributed by atoms with Gasteiger partial charge in [0.2, 0.25) is 0 Å². The first-order valence-corrected chi connectivity index (χ1v) is 37.7. The van der Waals surface area contributed by atoms with Gasteiger partial charge in [0.25, 0.3) is 0 Å². The van der Waals surface area contributed by atoms with Crippen molar-refractivity contribution in [2.45, 2.75) is 55.4 Å². The van der Waals surface area contributed by atoms with E-state index in [2.05, 4.69) is 154 Å². The van der Waals surface area contributed by atoms with Gasteiger partial charge >= 0.3 is 0 Å². The van der Waals surface area contributed by atoms with E-state index in [9.17, 15) is 8.78 Å². The summed E-state index contributed by atoms with van der Waals surface area (Å²) in [6.45, 7) is 16.0. The van der Waals surface area contributed by atoms with E-state index in [0.29, 0.717) is 17.0 Å². The quantitative estimate of drug-likeness (QED) is 0.119. The molecule has 0 saturated carbocycles. The summed E-state index contributed by atoms with van der Waals surface area (Å²) in [6.07, 6.45) is 12.2. The van der Waals surface area contributed by atoms with Crippen LogP contribution in [0.4, 0.5) is 8.78 Å². The molecular weight excluding hydrogens is 2210 g/mol. The van der Waals surface area contributed by atoms with Crippen LogP contribution in [0.5, 0.6) is 0 Å². The van der Waals surface area contributed by atoms with Crippen molar-refractivity contribution in [1.29, 1.82) is 0 Å². The Kier molecular flexibility index (Phi) is 31.4. The molecule has 0 N–H and O–H groups in total. The third-order valence-corrected chi connectivity index (χ3v) is 18.3. The minimum Gasteiger partial charge on any atom is -0.305 e. The van der Waals surface area contributed by atoms with Gasteiger partial charge in [-0.2, -0.15) is 0 Å². The Labute approximate surface area is 789 Å². The summed E-state index contributed by atoms with van der Waals surface area (Å²) >= 11 is 0. The summed E-state index contributed by atoms with van der Waals surface area (Å²) in [4.78, 5) is 30.5. The number of hydrogen-bond acceptors (Lipinski definition) is 7. The molecule has 7 aromatic heterocycles. The van der Waals surface area contributed by atoms with Crippen molar-refractivity contribution < 1.29 is 107 Å². The topological polar surface area (TPSA) is 90.2 Å². The number of pyridine rings is 7. The van der Waals surface area contributed by atoms with Crippen molar-refractivity contribution in [2.24, 2.45) is 0 Å². The van der Waals surface area contributed by atoms with Gasteiger partial charge in [-0.25, -0.2) is 8.78 Å². The van der Waals surface area contributed by atoms with Gasteiger partial charge in [-0.05, 0) is 174 Å². The molecule has 0 saturated heterocycles. The molecule has 0 fully saturated rings. The molecule has 18 aromatic rings. The number of rotatable bonds is 11. The summed E-state index contributed by atoms with van der Waals surface area (Å²) < 4.78 is 128. The predicted molar refractivity (Wildman–Crippen MR) is 479 cm³/mol. The van der Waals surface area contributed by atoms with E-state index < -0.39 is 6.04 Å². The third-order valence-electron chi connectivity index (χ3n) is 18.3.